The fraction of sp³-hybridized carbons (Fsp3) is 0.269. The second-order valence-corrected chi connectivity index (χ2v) is 10.4. The summed E-state index contributed by atoms with van der Waals surface area (Å²) < 4.78 is 39.5. The van der Waals surface area contributed by atoms with Crippen molar-refractivity contribution >= 4 is 21.8 Å². The number of rotatable bonds is 11. The number of nitrogens with one attached hydrogen (secondary N) is 1. The summed E-state index contributed by atoms with van der Waals surface area (Å²) in [5, 5.41) is 2.80. The molecule has 0 spiro atoms. The minimum atomic E-state index is -3.73. The normalized spacial score (nSPS) is 12.2. The van der Waals surface area contributed by atoms with Gasteiger partial charge in [0.15, 0.2) is 0 Å². The molecule has 0 saturated carbocycles. The molecule has 0 aliphatic rings. The zero-order valence-electron chi connectivity index (χ0n) is 20.2. The first-order valence-electron chi connectivity index (χ1n) is 11.3. The average molecular weight is 513 g/mol. The summed E-state index contributed by atoms with van der Waals surface area (Å²) in [6, 6.07) is 17.1. The zero-order valence-corrected chi connectivity index (χ0v) is 21.0. The lowest BCUT2D eigenvalue weighted by Crippen LogP contribution is -2.50. The average Bonchev–Trinajstić information content (AvgIpc) is 2.86. The standard InChI is InChI=1S/C26H29FN4O4S/c1-20(26(33)29-16-21-12-14-28-15-13-21)31(18-23-8-10-24(27)11-9-23)25(32)19-30(36(2,34)35)17-22-6-4-3-5-7-22/h3-15,20H,16-19H2,1-2H3,(H,29,33). The number of carbonyl (C=O) groups excluding carboxylic acids is 2. The smallest absolute Gasteiger partial charge is 0.242 e. The highest BCUT2D eigenvalue weighted by molar-refractivity contribution is 7.88. The maximum Gasteiger partial charge on any atom is 0.242 e. The molecule has 0 bridgehead atoms. The Bertz CT molecular complexity index is 1260. The van der Waals surface area contributed by atoms with Crippen LogP contribution in [0.2, 0.25) is 0 Å². The van der Waals surface area contributed by atoms with E-state index in [1.807, 2.05) is 6.07 Å². The molecule has 2 aromatic carbocycles. The quantitative estimate of drug-likeness (QED) is 0.426. The van der Waals surface area contributed by atoms with Gasteiger partial charge in [0.1, 0.15) is 11.9 Å². The largest absolute Gasteiger partial charge is 0.350 e. The van der Waals surface area contributed by atoms with E-state index in [4.69, 9.17) is 0 Å². The molecule has 1 heterocycles. The van der Waals surface area contributed by atoms with E-state index in [-0.39, 0.29) is 19.6 Å². The van der Waals surface area contributed by atoms with Crippen LogP contribution in [0.3, 0.4) is 0 Å². The van der Waals surface area contributed by atoms with Crippen molar-refractivity contribution < 1.29 is 22.4 Å². The molecule has 0 radical (unpaired) electrons. The van der Waals surface area contributed by atoms with Crippen LogP contribution in [0.5, 0.6) is 0 Å². The van der Waals surface area contributed by atoms with Gasteiger partial charge in [-0.25, -0.2) is 12.8 Å². The minimum Gasteiger partial charge on any atom is -0.350 e. The fourth-order valence-corrected chi connectivity index (χ4v) is 4.25. The van der Waals surface area contributed by atoms with E-state index in [1.165, 1.54) is 29.2 Å². The molecule has 190 valence electrons. The number of carbonyl (C=O) groups is 2. The van der Waals surface area contributed by atoms with Crippen molar-refractivity contribution in [1.29, 1.82) is 0 Å². The Morgan fingerprint density at radius 1 is 0.917 bits per heavy atom. The van der Waals surface area contributed by atoms with Gasteiger partial charge in [-0.3, -0.25) is 14.6 Å². The molecule has 0 saturated heterocycles. The van der Waals surface area contributed by atoms with E-state index in [9.17, 15) is 22.4 Å². The summed E-state index contributed by atoms with van der Waals surface area (Å²) in [6.07, 6.45) is 4.27. The lowest BCUT2D eigenvalue weighted by atomic mass is 10.1. The molecule has 0 aliphatic heterocycles. The monoisotopic (exact) mass is 512 g/mol. The van der Waals surface area contributed by atoms with Gasteiger partial charge < -0.3 is 10.2 Å². The number of benzene rings is 2. The van der Waals surface area contributed by atoms with Crippen molar-refractivity contribution in [2.24, 2.45) is 0 Å². The van der Waals surface area contributed by atoms with E-state index >= 15 is 0 Å². The fourth-order valence-electron chi connectivity index (χ4n) is 3.53. The van der Waals surface area contributed by atoms with Crippen LogP contribution in [0.15, 0.2) is 79.1 Å². The highest BCUT2D eigenvalue weighted by Gasteiger charge is 2.29. The molecule has 1 atom stereocenters. The molecule has 2 amide bonds. The molecule has 0 aliphatic carbocycles. The van der Waals surface area contributed by atoms with Crippen molar-refractivity contribution in [1.82, 2.24) is 19.5 Å². The van der Waals surface area contributed by atoms with Crippen LogP contribution in [0.25, 0.3) is 0 Å². The molecule has 0 fully saturated rings. The highest BCUT2D eigenvalue weighted by Crippen LogP contribution is 2.14. The van der Waals surface area contributed by atoms with Gasteiger partial charge in [0.2, 0.25) is 21.8 Å². The van der Waals surface area contributed by atoms with Crippen LogP contribution >= 0.6 is 0 Å². The third-order valence-electron chi connectivity index (χ3n) is 5.63. The van der Waals surface area contributed by atoms with Crippen LogP contribution < -0.4 is 5.32 Å². The van der Waals surface area contributed by atoms with Gasteiger partial charge in [0.05, 0.1) is 12.8 Å². The van der Waals surface area contributed by atoms with E-state index in [2.05, 4.69) is 10.3 Å². The van der Waals surface area contributed by atoms with Crippen molar-refractivity contribution in [3.8, 4) is 0 Å². The Balaban J connectivity index is 1.80. The van der Waals surface area contributed by atoms with Crippen LogP contribution in [-0.2, 0) is 39.2 Å². The predicted molar refractivity (Wildman–Crippen MR) is 134 cm³/mol. The summed E-state index contributed by atoms with van der Waals surface area (Å²) in [5.74, 6) is -1.38. The summed E-state index contributed by atoms with van der Waals surface area (Å²) >= 11 is 0. The second-order valence-electron chi connectivity index (χ2n) is 8.41. The van der Waals surface area contributed by atoms with Gasteiger partial charge in [0, 0.05) is 32.0 Å². The van der Waals surface area contributed by atoms with Gasteiger partial charge in [-0.15, -0.1) is 0 Å². The number of hydrogen-bond donors (Lipinski definition) is 1. The third-order valence-corrected chi connectivity index (χ3v) is 6.83. The first-order valence-corrected chi connectivity index (χ1v) is 13.2. The Kier molecular flexibility index (Phi) is 9.26. The molecule has 3 aromatic rings. The van der Waals surface area contributed by atoms with Crippen molar-refractivity contribution in [2.75, 3.05) is 12.8 Å². The molecule has 36 heavy (non-hydrogen) atoms. The Hall–Kier alpha value is -3.63. The lowest BCUT2D eigenvalue weighted by molar-refractivity contribution is -0.140. The van der Waals surface area contributed by atoms with E-state index in [0.717, 1.165) is 21.7 Å². The number of sulfonamides is 1. The first-order chi connectivity index (χ1) is 17.1. The molecular weight excluding hydrogens is 483 g/mol. The van der Waals surface area contributed by atoms with Gasteiger partial charge >= 0.3 is 0 Å². The van der Waals surface area contributed by atoms with Crippen LogP contribution in [0, 0.1) is 5.82 Å². The number of hydrogen-bond acceptors (Lipinski definition) is 5. The van der Waals surface area contributed by atoms with Gasteiger partial charge in [-0.05, 0) is 47.9 Å². The molecule has 1 unspecified atom stereocenters. The molecule has 8 nitrogen and oxygen atoms in total. The van der Waals surface area contributed by atoms with Gasteiger partial charge in [-0.1, -0.05) is 42.5 Å². The first kappa shape index (κ1) is 27.0. The maximum absolute atomic E-state index is 13.4. The topological polar surface area (TPSA) is 99.7 Å². The molecule has 1 N–H and O–H groups in total. The maximum atomic E-state index is 13.4. The number of nitrogens with zero attached hydrogens (tertiary/aromatic N) is 3. The van der Waals surface area contributed by atoms with E-state index in [0.29, 0.717) is 5.56 Å². The van der Waals surface area contributed by atoms with Crippen molar-refractivity contribution in [2.45, 2.75) is 32.6 Å². The molecular formula is C26H29FN4O4S. The molecule has 3 rings (SSSR count). The number of aromatic nitrogens is 1. The zero-order chi connectivity index (χ0) is 26.1. The van der Waals surface area contributed by atoms with Crippen LogP contribution in [0.1, 0.15) is 23.6 Å². The van der Waals surface area contributed by atoms with Crippen LogP contribution in [0.4, 0.5) is 4.39 Å². The summed E-state index contributed by atoms with van der Waals surface area (Å²) in [7, 11) is -3.73. The van der Waals surface area contributed by atoms with Crippen molar-refractivity contribution in [3.05, 3.63) is 102 Å². The predicted octanol–water partition coefficient (Wildman–Crippen LogP) is 2.72. The van der Waals surface area contributed by atoms with E-state index < -0.39 is 40.2 Å². The molecule has 10 heteroatoms. The summed E-state index contributed by atoms with van der Waals surface area (Å²) in [5.41, 5.74) is 2.17. The number of halogens is 1. The lowest BCUT2D eigenvalue weighted by Gasteiger charge is -2.31. The highest BCUT2D eigenvalue weighted by atomic mass is 32.2. The SMILES string of the molecule is CC(C(=O)NCc1ccncc1)N(Cc1ccc(F)cc1)C(=O)CN(Cc1ccccc1)S(C)(=O)=O. The summed E-state index contributed by atoms with van der Waals surface area (Å²) in [4.78, 5) is 31.7. The van der Waals surface area contributed by atoms with Crippen LogP contribution in [-0.4, -0.2) is 53.3 Å². The second kappa shape index (κ2) is 12.4. The number of pyridine rings is 1. The van der Waals surface area contributed by atoms with Crippen molar-refractivity contribution in [3.63, 3.8) is 0 Å². The van der Waals surface area contributed by atoms with Gasteiger partial charge in [0.25, 0.3) is 0 Å². The third kappa shape index (κ3) is 7.96. The minimum absolute atomic E-state index is 0.00585. The van der Waals surface area contributed by atoms with E-state index in [1.54, 1.807) is 55.7 Å². The number of amides is 2. The molecule has 1 aromatic heterocycles. The Labute approximate surface area is 210 Å². The van der Waals surface area contributed by atoms with Gasteiger partial charge in [-0.2, -0.15) is 4.31 Å². The summed E-state index contributed by atoms with van der Waals surface area (Å²) in [6.45, 7) is 1.39. The Morgan fingerprint density at radius 2 is 1.53 bits per heavy atom. The Morgan fingerprint density at radius 3 is 2.14 bits per heavy atom.